The Balaban J connectivity index is 1.18. The highest BCUT2D eigenvalue weighted by Gasteiger charge is 2.43. The van der Waals surface area contributed by atoms with E-state index < -0.39 is 5.60 Å². The Hall–Kier alpha value is -2.19. The van der Waals surface area contributed by atoms with E-state index in [0.29, 0.717) is 24.2 Å². The van der Waals surface area contributed by atoms with Crippen molar-refractivity contribution in [2.45, 2.75) is 69.7 Å². The number of piperidine rings is 3. The lowest BCUT2D eigenvalue weighted by Gasteiger charge is -2.49. The van der Waals surface area contributed by atoms with Crippen LogP contribution in [0.15, 0.2) is 29.0 Å². The molecule has 4 aliphatic rings. The third-order valence-electron chi connectivity index (χ3n) is 7.33. The van der Waals surface area contributed by atoms with Gasteiger partial charge in [0.15, 0.2) is 0 Å². The maximum atomic E-state index is 12.7. The van der Waals surface area contributed by atoms with E-state index in [-0.39, 0.29) is 11.8 Å². The molecule has 4 fully saturated rings. The molecule has 30 heavy (non-hydrogen) atoms. The Labute approximate surface area is 176 Å². The Morgan fingerprint density at radius 1 is 1.33 bits per heavy atom. The van der Waals surface area contributed by atoms with Crippen molar-refractivity contribution >= 4 is 5.91 Å². The van der Waals surface area contributed by atoms with Crippen LogP contribution in [0, 0.1) is 11.8 Å². The fourth-order valence-electron chi connectivity index (χ4n) is 5.55. The molecule has 1 amide bonds. The fourth-order valence-corrected chi connectivity index (χ4v) is 5.55. The van der Waals surface area contributed by atoms with Gasteiger partial charge in [-0.15, -0.1) is 5.10 Å². The SMILES string of the molecule is O=C(NCc1ccco1)[C@H]1CN2CC[C@H]1C[C@@H]2Cn1cc(C2(O)CCCCC2)nn1. The van der Waals surface area contributed by atoms with E-state index in [2.05, 4.69) is 20.5 Å². The molecule has 5 heterocycles. The fraction of sp³-hybridized carbons (Fsp3) is 0.682. The highest BCUT2D eigenvalue weighted by atomic mass is 16.3. The van der Waals surface area contributed by atoms with Crippen molar-refractivity contribution in [2.75, 3.05) is 13.1 Å². The molecule has 1 aliphatic carbocycles. The van der Waals surface area contributed by atoms with Crippen LogP contribution in [0.1, 0.15) is 56.4 Å². The molecule has 0 spiro atoms. The van der Waals surface area contributed by atoms with E-state index in [1.54, 1.807) is 6.26 Å². The van der Waals surface area contributed by atoms with Crippen LogP contribution < -0.4 is 5.32 Å². The molecule has 3 aliphatic heterocycles. The summed E-state index contributed by atoms with van der Waals surface area (Å²) < 4.78 is 7.20. The summed E-state index contributed by atoms with van der Waals surface area (Å²) >= 11 is 0. The van der Waals surface area contributed by atoms with Crippen LogP contribution in [-0.2, 0) is 23.5 Å². The average Bonchev–Trinajstić information content (AvgIpc) is 3.45. The van der Waals surface area contributed by atoms with Crippen molar-refractivity contribution in [3.8, 4) is 0 Å². The quantitative estimate of drug-likeness (QED) is 0.752. The van der Waals surface area contributed by atoms with E-state index in [0.717, 1.165) is 63.9 Å². The van der Waals surface area contributed by atoms with Crippen molar-refractivity contribution in [1.82, 2.24) is 25.2 Å². The van der Waals surface area contributed by atoms with Crippen LogP contribution in [0.2, 0.25) is 0 Å². The number of carbonyl (C=O) groups is 1. The second-order valence-electron chi connectivity index (χ2n) is 9.25. The number of amides is 1. The number of aliphatic hydroxyl groups is 1. The minimum Gasteiger partial charge on any atom is -0.467 e. The summed E-state index contributed by atoms with van der Waals surface area (Å²) in [5.74, 6) is 1.35. The van der Waals surface area contributed by atoms with Crippen molar-refractivity contribution in [3.05, 3.63) is 36.0 Å². The Kier molecular flexibility index (Phi) is 5.37. The summed E-state index contributed by atoms with van der Waals surface area (Å²) in [6.45, 7) is 3.04. The monoisotopic (exact) mass is 413 g/mol. The van der Waals surface area contributed by atoms with Crippen LogP contribution in [0.5, 0.6) is 0 Å². The molecule has 0 radical (unpaired) electrons. The number of hydrogen-bond acceptors (Lipinski definition) is 6. The molecule has 1 saturated carbocycles. The van der Waals surface area contributed by atoms with Gasteiger partial charge in [-0.1, -0.05) is 24.5 Å². The molecule has 3 saturated heterocycles. The third kappa shape index (κ3) is 3.90. The Morgan fingerprint density at radius 3 is 2.93 bits per heavy atom. The Bertz CT molecular complexity index is 858. The van der Waals surface area contributed by atoms with Gasteiger partial charge in [-0.2, -0.15) is 0 Å². The number of nitrogens with zero attached hydrogens (tertiary/aromatic N) is 4. The number of furan rings is 1. The highest BCUT2D eigenvalue weighted by Crippen LogP contribution is 2.38. The normalized spacial score (nSPS) is 30.3. The van der Waals surface area contributed by atoms with E-state index in [9.17, 15) is 9.90 Å². The zero-order chi connectivity index (χ0) is 20.6. The molecule has 4 atom stereocenters. The molecular formula is C22H31N5O3. The van der Waals surface area contributed by atoms with E-state index >= 15 is 0 Å². The number of rotatable bonds is 6. The molecular weight excluding hydrogens is 382 g/mol. The summed E-state index contributed by atoms with van der Waals surface area (Å²) in [6.07, 6.45) is 10.5. The summed E-state index contributed by atoms with van der Waals surface area (Å²) in [4.78, 5) is 15.2. The van der Waals surface area contributed by atoms with Crippen molar-refractivity contribution in [3.63, 3.8) is 0 Å². The topological polar surface area (TPSA) is 96.4 Å². The van der Waals surface area contributed by atoms with Gasteiger partial charge in [0.1, 0.15) is 17.1 Å². The lowest BCUT2D eigenvalue weighted by atomic mass is 9.75. The summed E-state index contributed by atoms with van der Waals surface area (Å²) in [5, 5.41) is 22.6. The highest BCUT2D eigenvalue weighted by molar-refractivity contribution is 5.79. The number of aromatic nitrogens is 3. The van der Waals surface area contributed by atoms with Gasteiger partial charge in [-0.25, -0.2) is 0 Å². The second-order valence-corrected chi connectivity index (χ2v) is 9.25. The minimum atomic E-state index is -0.806. The van der Waals surface area contributed by atoms with E-state index in [1.165, 1.54) is 6.42 Å². The van der Waals surface area contributed by atoms with Gasteiger partial charge in [0, 0.05) is 12.6 Å². The van der Waals surface area contributed by atoms with Gasteiger partial charge in [0.25, 0.3) is 0 Å². The molecule has 162 valence electrons. The molecule has 8 heteroatoms. The summed E-state index contributed by atoms with van der Waals surface area (Å²) in [6, 6.07) is 4.08. The first-order chi connectivity index (χ1) is 14.6. The van der Waals surface area contributed by atoms with Gasteiger partial charge in [0.2, 0.25) is 5.91 Å². The molecule has 8 nitrogen and oxygen atoms in total. The maximum Gasteiger partial charge on any atom is 0.225 e. The van der Waals surface area contributed by atoms with E-state index in [4.69, 9.17) is 4.42 Å². The van der Waals surface area contributed by atoms with Crippen molar-refractivity contribution in [2.24, 2.45) is 11.8 Å². The van der Waals surface area contributed by atoms with Gasteiger partial charge in [0.05, 0.1) is 31.5 Å². The lowest BCUT2D eigenvalue weighted by Crippen LogP contribution is -2.58. The first-order valence-electron chi connectivity index (χ1n) is 11.3. The van der Waals surface area contributed by atoms with Gasteiger partial charge in [-0.3, -0.25) is 14.4 Å². The van der Waals surface area contributed by atoms with Gasteiger partial charge < -0.3 is 14.8 Å². The van der Waals surface area contributed by atoms with Crippen LogP contribution in [0.25, 0.3) is 0 Å². The number of carbonyl (C=O) groups excluding carboxylic acids is 1. The van der Waals surface area contributed by atoms with Gasteiger partial charge >= 0.3 is 0 Å². The number of hydrogen-bond donors (Lipinski definition) is 2. The zero-order valence-corrected chi connectivity index (χ0v) is 17.4. The van der Waals surface area contributed by atoms with Crippen LogP contribution in [0.3, 0.4) is 0 Å². The minimum absolute atomic E-state index is 0.0409. The van der Waals surface area contributed by atoms with E-state index in [1.807, 2.05) is 23.0 Å². The molecule has 2 aromatic heterocycles. The largest absolute Gasteiger partial charge is 0.467 e. The first kappa shape index (κ1) is 19.8. The van der Waals surface area contributed by atoms with Crippen LogP contribution >= 0.6 is 0 Å². The first-order valence-corrected chi connectivity index (χ1v) is 11.3. The average molecular weight is 414 g/mol. The smallest absolute Gasteiger partial charge is 0.225 e. The standard InChI is InChI=1S/C22H31N5O3/c28-21(23-12-18-5-4-10-30-18)19-14-26-9-6-16(19)11-17(26)13-27-15-20(24-25-27)22(29)7-2-1-3-8-22/h4-5,10,15-17,19,29H,1-3,6-9,11-14H2,(H,23,28)/t16-,17+,19-/m0/s1. The van der Waals surface area contributed by atoms with Crippen LogP contribution in [-0.4, -0.2) is 50.0 Å². The summed E-state index contributed by atoms with van der Waals surface area (Å²) in [7, 11) is 0. The zero-order valence-electron chi connectivity index (χ0n) is 17.4. The second kappa shape index (κ2) is 8.15. The Morgan fingerprint density at radius 2 is 2.20 bits per heavy atom. The number of nitrogens with one attached hydrogen (secondary N) is 1. The molecule has 0 aromatic carbocycles. The number of fused-ring (bicyclic) bond motifs is 3. The van der Waals surface area contributed by atoms with Gasteiger partial charge in [-0.05, 0) is 50.3 Å². The predicted octanol–water partition coefficient (Wildman–Crippen LogP) is 2.05. The summed E-state index contributed by atoms with van der Waals surface area (Å²) in [5.41, 5.74) is -0.0900. The third-order valence-corrected chi connectivity index (χ3v) is 7.33. The molecule has 2 aromatic rings. The lowest BCUT2D eigenvalue weighted by molar-refractivity contribution is -0.133. The van der Waals surface area contributed by atoms with Crippen molar-refractivity contribution < 1.29 is 14.3 Å². The maximum absolute atomic E-state index is 12.7. The predicted molar refractivity (Wildman–Crippen MR) is 109 cm³/mol. The van der Waals surface area contributed by atoms with Crippen LogP contribution in [0.4, 0.5) is 0 Å². The molecule has 2 N–H and O–H groups in total. The molecule has 2 bridgehead atoms. The molecule has 6 rings (SSSR count). The van der Waals surface area contributed by atoms with Crippen molar-refractivity contribution in [1.29, 1.82) is 0 Å². The molecule has 1 unspecified atom stereocenters.